The number of ether oxygens (including phenoxy) is 1. The van der Waals surface area contributed by atoms with Gasteiger partial charge in [-0.1, -0.05) is 6.07 Å². The predicted molar refractivity (Wildman–Crippen MR) is 130 cm³/mol. The third-order valence-corrected chi connectivity index (χ3v) is 6.64. The summed E-state index contributed by atoms with van der Waals surface area (Å²) in [7, 11) is 0. The largest absolute Gasteiger partial charge is 0.462 e. The molecule has 1 unspecified atom stereocenters. The lowest BCUT2D eigenvalue weighted by atomic mass is 10.0. The van der Waals surface area contributed by atoms with Crippen molar-refractivity contribution in [2.24, 2.45) is 15.9 Å². The Bertz CT molecular complexity index is 1490. The van der Waals surface area contributed by atoms with E-state index in [1.807, 2.05) is 6.07 Å². The molecule has 0 amide bonds. The Morgan fingerprint density at radius 1 is 1.24 bits per heavy atom. The zero-order valence-electron chi connectivity index (χ0n) is 20.0. The molecular formula is C25H23F2N9O. The summed E-state index contributed by atoms with van der Waals surface area (Å²) < 4.78 is 37.3. The van der Waals surface area contributed by atoms with E-state index in [0.29, 0.717) is 54.1 Å². The van der Waals surface area contributed by atoms with Crippen molar-refractivity contribution < 1.29 is 13.5 Å². The Labute approximate surface area is 211 Å². The third-order valence-electron chi connectivity index (χ3n) is 6.64. The number of nitriles is 2. The van der Waals surface area contributed by atoms with Crippen molar-refractivity contribution in [3.8, 4) is 18.1 Å². The molecule has 3 aromatic rings. The van der Waals surface area contributed by atoms with Crippen molar-refractivity contribution in [1.82, 2.24) is 19.3 Å². The summed E-state index contributed by atoms with van der Waals surface area (Å²) in [6.07, 6.45) is 4.22. The number of fused-ring (bicyclic) bond motifs is 2. The van der Waals surface area contributed by atoms with E-state index in [0.717, 1.165) is 0 Å². The minimum Gasteiger partial charge on any atom is -0.462 e. The third kappa shape index (κ3) is 4.42. The standard InChI is InChI=1S/C25H23F2N9O/c1-15(33-18-4-7-35(14-29)8-5-18)22(34-30)17-9-20-32-13-19(12-28)36(20)21(10-17)37-24-23-16(3-2-6-31-23)11-25(24,26)27/h2-3,6,9-10,13,18,24H,4-5,7-8,11,30H2,1H3/b33-15?,34-22+. The van der Waals surface area contributed by atoms with Crippen LogP contribution in [0.1, 0.15) is 48.4 Å². The van der Waals surface area contributed by atoms with Crippen LogP contribution < -0.4 is 10.6 Å². The van der Waals surface area contributed by atoms with Gasteiger partial charge in [0.05, 0.1) is 23.6 Å². The van der Waals surface area contributed by atoms with E-state index < -0.39 is 18.4 Å². The van der Waals surface area contributed by atoms with Crippen molar-refractivity contribution in [1.29, 1.82) is 10.5 Å². The van der Waals surface area contributed by atoms with Gasteiger partial charge in [-0.2, -0.15) is 15.6 Å². The summed E-state index contributed by atoms with van der Waals surface area (Å²) in [4.78, 5) is 14.8. The van der Waals surface area contributed by atoms with Gasteiger partial charge in [0.1, 0.15) is 23.1 Å². The monoisotopic (exact) mass is 503 g/mol. The summed E-state index contributed by atoms with van der Waals surface area (Å²) in [5, 5.41) is 22.6. The number of imidazole rings is 1. The number of hydrogen-bond acceptors (Lipinski definition) is 9. The molecule has 1 fully saturated rings. The summed E-state index contributed by atoms with van der Waals surface area (Å²) in [6, 6.07) is 8.38. The molecule has 2 N–H and O–H groups in total. The van der Waals surface area contributed by atoms with Crippen LogP contribution in [0.5, 0.6) is 5.88 Å². The molecule has 1 aliphatic heterocycles. The summed E-state index contributed by atoms with van der Waals surface area (Å²) in [6.45, 7) is 3.00. The normalized spacial score (nSPS) is 19.9. The molecule has 37 heavy (non-hydrogen) atoms. The van der Waals surface area contributed by atoms with Crippen LogP contribution in [-0.4, -0.2) is 55.7 Å². The molecule has 188 valence electrons. The second-order valence-corrected chi connectivity index (χ2v) is 9.03. The Kier molecular flexibility index (Phi) is 6.17. The van der Waals surface area contributed by atoms with Crippen LogP contribution in [0.15, 0.2) is 46.8 Å². The van der Waals surface area contributed by atoms with Gasteiger partial charge >= 0.3 is 0 Å². The summed E-state index contributed by atoms with van der Waals surface area (Å²) in [5.74, 6) is 2.54. The highest BCUT2D eigenvalue weighted by Gasteiger charge is 2.51. The smallest absolute Gasteiger partial charge is 0.293 e. The molecule has 5 rings (SSSR count). The minimum atomic E-state index is -3.20. The first-order valence-corrected chi connectivity index (χ1v) is 11.7. The number of nitrogens with two attached hydrogens (primary N) is 1. The van der Waals surface area contributed by atoms with Crippen LogP contribution in [0.2, 0.25) is 0 Å². The number of alkyl halides is 2. The lowest BCUT2D eigenvalue weighted by Gasteiger charge is -2.26. The molecule has 0 aromatic carbocycles. The van der Waals surface area contributed by atoms with Crippen LogP contribution in [0.3, 0.4) is 0 Å². The fourth-order valence-electron chi connectivity index (χ4n) is 4.83. The number of hydrogen-bond donors (Lipinski definition) is 1. The van der Waals surface area contributed by atoms with E-state index in [1.54, 1.807) is 30.0 Å². The molecule has 2 aliphatic rings. The number of hydrazone groups is 1. The molecule has 0 bridgehead atoms. The molecule has 1 atom stereocenters. The second-order valence-electron chi connectivity index (χ2n) is 9.03. The zero-order chi connectivity index (χ0) is 26.2. The Balaban J connectivity index is 1.54. The molecule has 0 spiro atoms. The van der Waals surface area contributed by atoms with Crippen LogP contribution in [0.4, 0.5) is 8.78 Å². The van der Waals surface area contributed by atoms with Gasteiger partial charge < -0.3 is 15.5 Å². The second kappa shape index (κ2) is 9.47. The van der Waals surface area contributed by atoms with Gasteiger partial charge in [-0.05, 0) is 37.5 Å². The van der Waals surface area contributed by atoms with Gasteiger partial charge in [0.2, 0.25) is 12.0 Å². The maximum Gasteiger partial charge on any atom is 0.293 e. The van der Waals surface area contributed by atoms with Gasteiger partial charge in [-0.3, -0.25) is 14.4 Å². The lowest BCUT2D eigenvalue weighted by Crippen LogP contribution is -2.32. The quantitative estimate of drug-likeness (QED) is 0.244. The molecule has 12 heteroatoms. The highest BCUT2D eigenvalue weighted by molar-refractivity contribution is 6.47. The minimum absolute atomic E-state index is 0.00262. The molecule has 1 saturated heterocycles. The Morgan fingerprint density at radius 2 is 2.03 bits per heavy atom. The molecular weight excluding hydrogens is 480 g/mol. The molecule has 0 radical (unpaired) electrons. The number of aromatic nitrogens is 3. The van der Waals surface area contributed by atoms with Crippen molar-refractivity contribution >= 4 is 17.1 Å². The highest BCUT2D eigenvalue weighted by Crippen LogP contribution is 2.45. The first-order valence-electron chi connectivity index (χ1n) is 11.7. The fraction of sp³-hybridized carbons (Fsp3) is 0.360. The summed E-state index contributed by atoms with van der Waals surface area (Å²) >= 11 is 0. The van der Waals surface area contributed by atoms with Gasteiger partial charge in [0, 0.05) is 37.3 Å². The molecule has 0 saturated carbocycles. The fourth-order valence-corrected chi connectivity index (χ4v) is 4.83. The summed E-state index contributed by atoms with van der Waals surface area (Å²) in [5.41, 5.74) is 2.34. The van der Waals surface area contributed by atoms with E-state index in [4.69, 9.17) is 20.8 Å². The van der Waals surface area contributed by atoms with Gasteiger partial charge in [0.25, 0.3) is 5.92 Å². The van der Waals surface area contributed by atoms with Crippen molar-refractivity contribution in [2.75, 3.05) is 13.1 Å². The average molecular weight is 504 g/mol. The number of likely N-dealkylation sites (tertiary alicyclic amines) is 1. The number of nitrogens with zero attached hydrogens (tertiary/aromatic N) is 8. The van der Waals surface area contributed by atoms with Crippen LogP contribution in [0.25, 0.3) is 5.65 Å². The maximum absolute atomic E-state index is 15.0. The number of piperidine rings is 1. The number of rotatable bonds is 5. The predicted octanol–water partition coefficient (Wildman–Crippen LogP) is 2.98. The maximum atomic E-state index is 15.0. The van der Waals surface area contributed by atoms with E-state index in [9.17, 15) is 5.26 Å². The zero-order valence-corrected chi connectivity index (χ0v) is 20.0. The van der Waals surface area contributed by atoms with E-state index in [-0.39, 0.29) is 23.3 Å². The first kappa shape index (κ1) is 24.1. The average Bonchev–Trinajstić information content (AvgIpc) is 3.42. The van der Waals surface area contributed by atoms with Gasteiger partial charge in [-0.25, -0.2) is 13.8 Å². The van der Waals surface area contributed by atoms with Crippen molar-refractivity contribution in [3.63, 3.8) is 0 Å². The molecule has 4 heterocycles. The van der Waals surface area contributed by atoms with Crippen LogP contribution in [-0.2, 0) is 6.42 Å². The SMILES string of the molecule is CC(=NC1CCN(C#N)CC1)/C(=N\N)c1cc(OC2c3ncccc3CC2(F)F)n2c(C#N)cnc2c1. The topological polar surface area (TPSA) is 141 Å². The van der Waals surface area contributed by atoms with Crippen LogP contribution >= 0.6 is 0 Å². The van der Waals surface area contributed by atoms with E-state index in [2.05, 4.69) is 21.3 Å². The molecule has 1 aliphatic carbocycles. The van der Waals surface area contributed by atoms with Gasteiger partial charge in [-0.15, -0.1) is 0 Å². The number of pyridine rings is 2. The highest BCUT2D eigenvalue weighted by atomic mass is 19.3. The van der Waals surface area contributed by atoms with Crippen molar-refractivity contribution in [3.05, 3.63) is 59.2 Å². The molecule has 10 nitrogen and oxygen atoms in total. The van der Waals surface area contributed by atoms with Crippen molar-refractivity contribution in [2.45, 2.75) is 44.3 Å². The van der Waals surface area contributed by atoms with E-state index >= 15 is 8.78 Å². The van der Waals surface area contributed by atoms with Crippen LogP contribution in [0, 0.1) is 22.8 Å². The van der Waals surface area contributed by atoms with Gasteiger partial charge in [0.15, 0.2) is 6.19 Å². The Morgan fingerprint density at radius 3 is 2.73 bits per heavy atom. The van der Waals surface area contributed by atoms with E-state index in [1.165, 1.54) is 22.9 Å². The first-order chi connectivity index (χ1) is 17.8. The molecule has 3 aromatic heterocycles. The lowest BCUT2D eigenvalue weighted by molar-refractivity contribution is -0.0876. The Hall–Kier alpha value is -4.58. The number of halogens is 2. The number of aliphatic imine (C=N–C) groups is 1.